The number of carbonyl (C=O) groups excluding carboxylic acids is 1. The van der Waals surface area contributed by atoms with Crippen molar-refractivity contribution in [3.63, 3.8) is 0 Å². The second-order valence-electron chi connectivity index (χ2n) is 7.02. The van der Waals surface area contributed by atoms with E-state index in [9.17, 15) is 13.2 Å². The Kier molecular flexibility index (Phi) is 7.03. The number of piperidine rings is 1. The molecular formula is C16H32N4O3S. The van der Waals surface area contributed by atoms with Crippen molar-refractivity contribution in [1.82, 2.24) is 18.8 Å². The number of amides is 1. The predicted octanol–water partition coefficient (Wildman–Crippen LogP) is 0.638. The minimum Gasteiger partial charge on any atom is -0.353 e. The highest BCUT2D eigenvalue weighted by molar-refractivity contribution is 7.86. The monoisotopic (exact) mass is 360 g/mol. The number of piperazine rings is 1. The van der Waals surface area contributed by atoms with Crippen LogP contribution in [-0.2, 0) is 15.0 Å². The molecule has 8 heteroatoms. The van der Waals surface area contributed by atoms with Crippen molar-refractivity contribution in [2.45, 2.75) is 58.5 Å². The lowest BCUT2D eigenvalue weighted by Gasteiger charge is -2.39. The van der Waals surface area contributed by atoms with E-state index in [1.165, 1.54) is 0 Å². The first-order valence-electron chi connectivity index (χ1n) is 9.13. The number of hydrogen-bond donors (Lipinski definition) is 1. The highest BCUT2D eigenvalue weighted by Crippen LogP contribution is 2.23. The molecule has 2 rings (SSSR count). The summed E-state index contributed by atoms with van der Waals surface area (Å²) < 4.78 is 28.9. The molecule has 1 amide bonds. The van der Waals surface area contributed by atoms with Crippen molar-refractivity contribution < 1.29 is 13.2 Å². The molecule has 0 aromatic carbocycles. The van der Waals surface area contributed by atoms with Gasteiger partial charge in [0.25, 0.3) is 10.2 Å². The van der Waals surface area contributed by atoms with Crippen LogP contribution in [0.2, 0.25) is 0 Å². The molecule has 2 aliphatic heterocycles. The quantitative estimate of drug-likeness (QED) is 0.754. The smallest absolute Gasteiger partial charge is 0.282 e. The molecule has 7 nitrogen and oxygen atoms in total. The lowest BCUT2D eigenvalue weighted by atomic mass is 10.1. The fourth-order valence-corrected chi connectivity index (χ4v) is 5.15. The summed E-state index contributed by atoms with van der Waals surface area (Å²) in [4.78, 5) is 14.0. The van der Waals surface area contributed by atoms with E-state index in [4.69, 9.17) is 0 Å². The van der Waals surface area contributed by atoms with Gasteiger partial charge in [0, 0.05) is 44.8 Å². The Labute approximate surface area is 146 Å². The summed E-state index contributed by atoms with van der Waals surface area (Å²) >= 11 is 0. The zero-order valence-corrected chi connectivity index (χ0v) is 16.0. The van der Waals surface area contributed by atoms with Crippen LogP contribution in [0, 0.1) is 0 Å². The molecule has 2 aliphatic rings. The summed E-state index contributed by atoms with van der Waals surface area (Å²) in [7, 11) is -3.37. The van der Waals surface area contributed by atoms with Crippen molar-refractivity contribution in [3.8, 4) is 0 Å². The van der Waals surface area contributed by atoms with Gasteiger partial charge in [0.15, 0.2) is 0 Å². The highest BCUT2D eigenvalue weighted by Gasteiger charge is 2.36. The van der Waals surface area contributed by atoms with Gasteiger partial charge in [-0.3, -0.25) is 9.69 Å². The number of rotatable bonds is 6. The summed E-state index contributed by atoms with van der Waals surface area (Å²) in [6, 6.07) is 0.267. The molecule has 0 saturated carbocycles. The maximum Gasteiger partial charge on any atom is 0.282 e. The Morgan fingerprint density at radius 1 is 1.17 bits per heavy atom. The predicted molar refractivity (Wildman–Crippen MR) is 94.8 cm³/mol. The molecule has 24 heavy (non-hydrogen) atoms. The van der Waals surface area contributed by atoms with Gasteiger partial charge in [-0.1, -0.05) is 13.3 Å². The lowest BCUT2D eigenvalue weighted by Crippen LogP contribution is -2.56. The topological polar surface area (TPSA) is 73.0 Å². The number of carbonyl (C=O) groups is 1. The molecule has 2 fully saturated rings. The molecule has 0 aromatic rings. The SMILES string of the molecule is CC[C@@H](C)NC(=O)CN1CCN(S(=O)(=O)N2CCCC[C@@H]2C)CC1. The van der Waals surface area contributed by atoms with Crippen LogP contribution in [0.3, 0.4) is 0 Å². The Balaban J connectivity index is 1.84. The van der Waals surface area contributed by atoms with E-state index in [-0.39, 0.29) is 18.0 Å². The maximum absolute atomic E-state index is 12.8. The zero-order valence-electron chi connectivity index (χ0n) is 15.2. The van der Waals surface area contributed by atoms with Gasteiger partial charge in [-0.15, -0.1) is 0 Å². The molecule has 2 atom stereocenters. The molecule has 0 aliphatic carbocycles. The van der Waals surface area contributed by atoms with Crippen LogP contribution in [-0.4, -0.2) is 79.2 Å². The standard InChI is InChI=1S/C16H32N4O3S/c1-4-14(2)17-16(21)13-18-9-11-19(12-10-18)24(22,23)20-8-6-5-7-15(20)3/h14-15H,4-13H2,1-3H3,(H,17,21)/t14-,15+/m1/s1. The molecule has 0 bridgehead atoms. The van der Waals surface area contributed by atoms with Crippen LogP contribution in [0.5, 0.6) is 0 Å². The van der Waals surface area contributed by atoms with Crippen molar-refractivity contribution in [2.24, 2.45) is 0 Å². The van der Waals surface area contributed by atoms with E-state index in [0.29, 0.717) is 39.3 Å². The maximum atomic E-state index is 12.8. The zero-order chi connectivity index (χ0) is 17.7. The lowest BCUT2D eigenvalue weighted by molar-refractivity contribution is -0.123. The summed E-state index contributed by atoms with van der Waals surface area (Å²) in [5.74, 6) is 0.0188. The summed E-state index contributed by atoms with van der Waals surface area (Å²) in [5, 5.41) is 2.96. The van der Waals surface area contributed by atoms with E-state index in [1.54, 1.807) is 8.61 Å². The fourth-order valence-electron chi connectivity index (χ4n) is 3.31. The highest BCUT2D eigenvalue weighted by atomic mass is 32.2. The van der Waals surface area contributed by atoms with E-state index >= 15 is 0 Å². The van der Waals surface area contributed by atoms with E-state index in [1.807, 2.05) is 25.7 Å². The van der Waals surface area contributed by atoms with Crippen LogP contribution in [0.1, 0.15) is 46.5 Å². The van der Waals surface area contributed by atoms with Crippen LogP contribution in [0.25, 0.3) is 0 Å². The van der Waals surface area contributed by atoms with Gasteiger partial charge in [-0.25, -0.2) is 0 Å². The number of hydrogen-bond acceptors (Lipinski definition) is 4. The molecule has 0 radical (unpaired) electrons. The second kappa shape index (κ2) is 8.60. The minimum atomic E-state index is -3.37. The van der Waals surface area contributed by atoms with Crippen LogP contribution in [0.15, 0.2) is 0 Å². The van der Waals surface area contributed by atoms with Gasteiger partial charge in [0.2, 0.25) is 5.91 Å². The Hall–Kier alpha value is -0.700. The third-order valence-electron chi connectivity index (χ3n) is 5.08. The van der Waals surface area contributed by atoms with E-state index < -0.39 is 10.2 Å². The van der Waals surface area contributed by atoms with E-state index in [2.05, 4.69) is 5.32 Å². The molecule has 2 heterocycles. The van der Waals surface area contributed by atoms with Gasteiger partial charge < -0.3 is 5.32 Å². The van der Waals surface area contributed by atoms with Crippen molar-refractivity contribution in [1.29, 1.82) is 0 Å². The molecule has 0 unspecified atom stereocenters. The second-order valence-corrected chi connectivity index (χ2v) is 8.90. The first kappa shape index (κ1) is 19.6. The average Bonchev–Trinajstić information content (AvgIpc) is 2.55. The fraction of sp³-hybridized carbons (Fsp3) is 0.938. The molecular weight excluding hydrogens is 328 g/mol. The van der Waals surface area contributed by atoms with Crippen molar-refractivity contribution in [2.75, 3.05) is 39.3 Å². The van der Waals surface area contributed by atoms with Crippen LogP contribution in [0.4, 0.5) is 0 Å². The van der Waals surface area contributed by atoms with Gasteiger partial charge in [-0.05, 0) is 33.1 Å². The van der Waals surface area contributed by atoms with Gasteiger partial charge in [0.1, 0.15) is 0 Å². The normalized spacial score (nSPS) is 26.2. The summed E-state index contributed by atoms with van der Waals surface area (Å²) in [6.07, 6.45) is 3.90. The van der Waals surface area contributed by atoms with Gasteiger partial charge >= 0.3 is 0 Å². The number of nitrogens with one attached hydrogen (secondary N) is 1. The van der Waals surface area contributed by atoms with Gasteiger partial charge in [0.05, 0.1) is 6.54 Å². The molecule has 0 spiro atoms. The van der Waals surface area contributed by atoms with Gasteiger partial charge in [-0.2, -0.15) is 17.0 Å². The minimum absolute atomic E-state index is 0.0188. The third kappa shape index (κ3) is 4.91. The molecule has 1 N–H and O–H groups in total. The Morgan fingerprint density at radius 3 is 2.42 bits per heavy atom. The molecule has 140 valence electrons. The largest absolute Gasteiger partial charge is 0.353 e. The molecule has 2 saturated heterocycles. The number of nitrogens with zero attached hydrogens (tertiary/aromatic N) is 3. The molecule has 0 aromatic heterocycles. The summed E-state index contributed by atoms with van der Waals surface area (Å²) in [5.41, 5.74) is 0. The first-order chi connectivity index (χ1) is 11.3. The van der Waals surface area contributed by atoms with E-state index in [0.717, 1.165) is 25.7 Å². The van der Waals surface area contributed by atoms with Crippen molar-refractivity contribution in [3.05, 3.63) is 0 Å². The Bertz CT molecular complexity index is 517. The average molecular weight is 361 g/mol. The Morgan fingerprint density at radius 2 is 1.83 bits per heavy atom. The first-order valence-corrected chi connectivity index (χ1v) is 10.5. The third-order valence-corrected chi connectivity index (χ3v) is 7.24. The van der Waals surface area contributed by atoms with Crippen LogP contribution >= 0.6 is 0 Å². The van der Waals surface area contributed by atoms with Crippen molar-refractivity contribution >= 4 is 16.1 Å². The van der Waals surface area contributed by atoms with Crippen LogP contribution < -0.4 is 5.32 Å². The summed E-state index contributed by atoms with van der Waals surface area (Å²) in [6.45, 7) is 9.12.